The second kappa shape index (κ2) is 12.3. The highest BCUT2D eigenvalue weighted by Crippen LogP contribution is 1.98. The van der Waals surface area contributed by atoms with Crippen LogP contribution in [0.15, 0.2) is 0 Å². The molecule has 0 saturated heterocycles. The Kier molecular flexibility index (Phi) is 13.5. The molecule has 20 heavy (non-hydrogen) atoms. The highest BCUT2D eigenvalue weighted by molar-refractivity contribution is 4.73. The van der Waals surface area contributed by atoms with Crippen LogP contribution in [0.4, 0.5) is 0 Å². The normalized spacial score (nSPS) is 20.1. The Morgan fingerprint density at radius 3 is 0.650 bits per heavy atom. The van der Waals surface area contributed by atoms with Gasteiger partial charge in [0.2, 0.25) is 0 Å². The molecule has 10 nitrogen and oxygen atoms in total. The third kappa shape index (κ3) is 8.71. The smallest absolute Gasteiger partial charge is 0.110 e. The summed E-state index contributed by atoms with van der Waals surface area (Å²) in [5, 5.41) is 85.1. The van der Waals surface area contributed by atoms with Crippen LogP contribution in [0.1, 0.15) is 0 Å². The Balaban J connectivity index is 0. The second-order valence-electron chi connectivity index (χ2n) is 3.98. The van der Waals surface area contributed by atoms with Crippen LogP contribution in [-0.2, 0) is 0 Å². The number of rotatable bonds is 8. The minimum absolute atomic E-state index is 0.641. The van der Waals surface area contributed by atoms with E-state index in [2.05, 4.69) is 0 Å². The largest absolute Gasteiger partial charge is 0.394 e. The van der Waals surface area contributed by atoms with Crippen LogP contribution in [0.5, 0.6) is 0 Å². The van der Waals surface area contributed by atoms with Gasteiger partial charge in [-0.3, -0.25) is 0 Å². The van der Waals surface area contributed by atoms with Gasteiger partial charge in [-0.2, -0.15) is 0 Å². The van der Waals surface area contributed by atoms with Gasteiger partial charge in [0.1, 0.15) is 36.6 Å². The lowest BCUT2D eigenvalue weighted by Crippen LogP contribution is -2.41. The third-order valence-corrected chi connectivity index (χ3v) is 2.33. The standard InChI is InChI=1S/2C5H12O5/c2*6-1-3(8)5(10)4(9)2-7/h2*3-10H,1-2H2. The molecule has 0 aromatic carbocycles. The van der Waals surface area contributed by atoms with Crippen molar-refractivity contribution < 1.29 is 51.1 Å². The first-order chi connectivity index (χ1) is 9.26. The van der Waals surface area contributed by atoms with Crippen molar-refractivity contribution in [2.75, 3.05) is 26.4 Å². The molecular weight excluding hydrogens is 280 g/mol. The highest BCUT2D eigenvalue weighted by atomic mass is 16.4. The maximum atomic E-state index is 8.77. The lowest BCUT2D eigenvalue weighted by Gasteiger charge is -2.19. The Bertz CT molecular complexity index is 174. The average Bonchev–Trinajstić information content (AvgIpc) is 2.50. The van der Waals surface area contributed by atoms with Gasteiger partial charge in [-0.15, -0.1) is 0 Å². The van der Waals surface area contributed by atoms with Crippen LogP contribution in [0, 0.1) is 0 Å². The van der Waals surface area contributed by atoms with Gasteiger partial charge in [-0.1, -0.05) is 0 Å². The van der Waals surface area contributed by atoms with Crippen molar-refractivity contribution in [3.8, 4) is 0 Å². The fourth-order valence-electron chi connectivity index (χ4n) is 0.945. The predicted octanol–water partition coefficient (Wildman–Crippen LogP) is -5.89. The van der Waals surface area contributed by atoms with E-state index in [1.807, 2.05) is 0 Å². The summed E-state index contributed by atoms with van der Waals surface area (Å²) < 4.78 is 0. The van der Waals surface area contributed by atoms with E-state index in [1.54, 1.807) is 0 Å². The number of hydrogen-bond acceptors (Lipinski definition) is 10. The summed E-state index contributed by atoms with van der Waals surface area (Å²) in [4.78, 5) is 0. The summed E-state index contributed by atoms with van der Waals surface area (Å²) in [6.07, 6.45) is -8.58. The van der Waals surface area contributed by atoms with Gasteiger partial charge in [0, 0.05) is 0 Å². The van der Waals surface area contributed by atoms with Crippen molar-refractivity contribution in [1.29, 1.82) is 0 Å². The van der Waals surface area contributed by atoms with E-state index in [0.717, 1.165) is 0 Å². The fraction of sp³-hybridized carbons (Fsp3) is 1.00. The SMILES string of the molecule is OCC(O)C(O)C(O)CO.OCC(O)C(O)C(O)CO. The van der Waals surface area contributed by atoms with Crippen molar-refractivity contribution >= 4 is 0 Å². The Morgan fingerprint density at radius 2 is 0.550 bits per heavy atom. The van der Waals surface area contributed by atoms with E-state index in [4.69, 9.17) is 51.1 Å². The molecule has 0 aromatic heterocycles. The van der Waals surface area contributed by atoms with Gasteiger partial charge in [0.25, 0.3) is 0 Å². The summed E-state index contributed by atoms with van der Waals surface area (Å²) in [5.41, 5.74) is 0. The first-order valence-corrected chi connectivity index (χ1v) is 5.78. The van der Waals surface area contributed by atoms with Crippen molar-refractivity contribution in [2.45, 2.75) is 36.6 Å². The molecule has 0 aromatic rings. The molecule has 10 N–H and O–H groups in total. The van der Waals surface area contributed by atoms with Gasteiger partial charge in [0.15, 0.2) is 0 Å². The Morgan fingerprint density at radius 1 is 0.400 bits per heavy atom. The zero-order chi connectivity index (χ0) is 16.3. The topological polar surface area (TPSA) is 202 Å². The lowest BCUT2D eigenvalue weighted by molar-refractivity contribution is -0.0900. The summed E-state index contributed by atoms with van der Waals surface area (Å²) >= 11 is 0. The first kappa shape index (κ1) is 21.9. The molecule has 0 fully saturated rings. The summed E-state index contributed by atoms with van der Waals surface area (Å²) in [6.45, 7) is -2.56. The molecule has 0 heterocycles. The molecule has 124 valence electrons. The molecule has 0 aliphatic heterocycles. The second-order valence-corrected chi connectivity index (χ2v) is 3.98. The van der Waals surface area contributed by atoms with Crippen LogP contribution >= 0.6 is 0 Å². The third-order valence-electron chi connectivity index (χ3n) is 2.33. The fourth-order valence-corrected chi connectivity index (χ4v) is 0.945. The van der Waals surface area contributed by atoms with E-state index >= 15 is 0 Å². The minimum Gasteiger partial charge on any atom is -0.394 e. The summed E-state index contributed by atoms with van der Waals surface area (Å²) in [7, 11) is 0. The molecule has 0 radical (unpaired) electrons. The Hall–Kier alpha value is -0.400. The number of aliphatic hydroxyl groups is 10. The molecule has 0 aliphatic rings. The first-order valence-electron chi connectivity index (χ1n) is 5.78. The van der Waals surface area contributed by atoms with Crippen molar-refractivity contribution in [2.24, 2.45) is 0 Å². The maximum absolute atomic E-state index is 8.77. The van der Waals surface area contributed by atoms with E-state index in [0.29, 0.717) is 0 Å². The van der Waals surface area contributed by atoms with Crippen LogP contribution in [0.25, 0.3) is 0 Å². The van der Waals surface area contributed by atoms with Gasteiger partial charge >= 0.3 is 0 Å². The van der Waals surface area contributed by atoms with Crippen molar-refractivity contribution in [1.82, 2.24) is 0 Å². The molecular formula is C10H24O10. The average molecular weight is 304 g/mol. The number of hydrogen-bond donors (Lipinski definition) is 10. The van der Waals surface area contributed by atoms with E-state index in [1.165, 1.54) is 0 Å². The van der Waals surface area contributed by atoms with Crippen LogP contribution in [-0.4, -0.2) is 114 Å². The number of aliphatic hydroxyl groups excluding tert-OH is 10. The van der Waals surface area contributed by atoms with E-state index < -0.39 is 63.1 Å². The van der Waals surface area contributed by atoms with Crippen LogP contribution < -0.4 is 0 Å². The molecule has 10 heteroatoms. The molecule has 4 unspecified atom stereocenters. The van der Waals surface area contributed by atoms with E-state index in [9.17, 15) is 0 Å². The monoisotopic (exact) mass is 304 g/mol. The van der Waals surface area contributed by atoms with Crippen molar-refractivity contribution in [3.63, 3.8) is 0 Å². The molecule has 0 spiro atoms. The summed E-state index contributed by atoms with van der Waals surface area (Å²) in [6, 6.07) is 0. The van der Waals surface area contributed by atoms with Crippen LogP contribution in [0.2, 0.25) is 0 Å². The van der Waals surface area contributed by atoms with Gasteiger partial charge < -0.3 is 51.1 Å². The summed E-state index contributed by atoms with van der Waals surface area (Å²) in [5.74, 6) is 0. The molecule has 0 amide bonds. The zero-order valence-electron chi connectivity index (χ0n) is 10.8. The predicted molar refractivity (Wildman–Crippen MR) is 64.4 cm³/mol. The highest BCUT2D eigenvalue weighted by Gasteiger charge is 2.23. The maximum Gasteiger partial charge on any atom is 0.110 e. The van der Waals surface area contributed by atoms with Gasteiger partial charge in [-0.25, -0.2) is 0 Å². The molecule has 0 saturated carbocycles. The van der Waals surface area contributed by atoms with E-state index in [-0.39, 0.29) is 0 Å². The molecule has 0 aliphatic carbocycles. The Labute approximate surface area is 115 Å². The minimum atomic E-state index is -1.49. The zero-order valence-corrected chi connectivity index (χ0v) is 10.8. The van der Waals surface area contributed by atoms with Gasteiger partial charge in [0.05, 0.1) is 26.4 Å². The molecule has 0 rings (SSSR count). The molecule has 4 atom stereocenters. The quantitative estimate of drug-likeness (QED) is 0.206. The molecule has 0 bridgehead atoms. The van der Waals surface area contributed by atoms with Crippen molar-refractivity contribution in [3.05, 3.63) is 0 Å². The lowest BCUT2D eigenvalue weighted by atomic mass is 10.1. The van der Waals surface area contributed by atoms with Gasteiger partial charge in [-0.05, 0) is 0 Å². The van der Waals surface area contributed by atoms with Crippen LogP contribution in [0.3, 0.4) is 0 Å².